The number of rotatable bonds is 24. The van der Waals surface area contributed by atoms with Gasteiger partial charge in [0.25, 0.3) is 5.91 Å². The van der Waals surface area contributed by atoms with Crippen molar-refractivity contribution < 1.29 is 92.7 Å². The molecule has 558 valence electrons. The Bertz CT molecular complexity index is 3070. The minimum Gasteiger partial charge on any atom is -0.481 e. The van der Waals surface area contributed by atoms with Crippen LogP contribution in [0.2, 0.25) is 0 Å². The quantitative estimate of drug-likeness (QED) is 0.0198. The minimum atomic E-state index is -2.52. The van der Waals surface area contributed by atoms with Crippen LogP contribution in [0.5, 0.6) is 0 Å². The molecule has 1 aromatic rings. The highest BCUT2D eigenvalue weighted by atomic mass is 33.1. The van der Waals surface area contributed by atoms with Gasteiger partial charge in [-0.3, -0.25) is 77.3 Å². The summed E-state index contributed by atoms with van der Waals surface area (Å²) in [5, 5.41) is 77.9. The summed E-state index contributed by atoms with van der Waals surface area (Å²) in [6.45, 7) is 2.62. The number of nitrogens with one attached hydrogen (secondary N) is 11. The Morgan fingerprint density at radius 3 is 1.38 bits per heavy atom. The SMILES string of the molecule is CC(C)C[C@@H]1NC(=O)[C@H](CC(=O)O)NC(=O)[C@H](Cc2ccccc2)NC(=O)[C@H](CCC(N)=O)NC(=O)[C@@H](N)CSSCC(C(=O)O)NC(=O)[C@H](CCCN=C(N)N)NC(=O)[C@H](O)NC(=O)[C@H](CCCN=C(N)N)NC(=O)[C@H](CCCN=C(N)N)NC(=O)[C@H]([C@@H](C)O)NC(=O)[C@H](CO)NC1=O. The average molecular weight is 1460 g/mol. The standard InChI is InChI=1S/C57H94N22O19S2/c1-26(2)20-34-47(90)76-37(23-80)50(93)78-41(27(3)81)51(94)71-30(12-7-17-66-55(60)61)43(86)70-32(14-9-19-68-57(64)65)46(89)79-53(96)52(95)72-31(13-8-18-67-56(62)63)44(87)77-38(54(97)98)25-100-99-24-29(58)42(85)69-33(15-16-39(59)82)45(88)74-35(21-28-10-5-4-6-11-28)48(91)75-36(22-40(83)84)49(92)73-34/h4-6,10-11,26-27,29-38,41,53,80-81,96H,7-9,12-25,58H2,1-3H3,(H2,59,82)(H,69,85)(H,70,86)(H,71,94)(H,72,95)(H,73,92)(H,74,88)(H,75,91)(H,76,90)(H,77,87)(H,78,93)(H,79,89)(H,83,84)(H,97,98)(H4,60,61,66)(H4,62,63,67)(H4,64,65,68)/t27-,29+,30+,31+,32+,33+,34+,35+,36+,37+,38?,41+,53+/m1/s1. The van der Waals surface area contributed by atoms with Crippen molar-refractivity contribution in [3.05, 3.63) is 35.9 Å². The van der Waals surface area contributed by atoms with Gasteiger partial charge in [0.1, 0.15) is 60.4 Å². The van der Waals surface area contributed by atoms with Crippen molar-refractivity contribution in [1.82, 2.24) is 58.5 Å². The molecule has 12 amide bonds. The second-order valence-electron chi connectivity index (χ2n) is 23.2. The van der Waals surface area contributed by atoms with Crippen LogP contribution < -0.4 is 104 Å². The van der Waals surface area contributed by atoms with E-state index in [2.05, 4.69) is 68.1 Å². The number of aliphatic hydroxyl groups excluding tert-OH is 3. The predicted octanol–water partition coefficient (Wildman–Crippen LogP) is -10.4. The third-order valence-electron chi connectivity index (χ3n) is 14.2. The number of aliphatic carboxylic acids is 2. The summed E-state index contributed by atoms with van der Waals surface area (Å²) < 4.78 is 0. The van der Waals surface area contributed by atoms with Gasteiger partial charge in [0.05, 0.1) is 25.2 Å². The summed E-state index contributed by atoms with van der Waals surface area (Å²) in [5.41, 5.74) is 44.8. The molecule has 32 N–H and O–H groups in total. The Hall–Kier alpha value is -9.85. The van der Waals surface area contributed by atoms with Crippen LogP contribution in [-0.4, -0.2) is 243 Å². The highest BCUT2D eigenvalue weighted by Crippen LogP contribution is 2.23. The number of benzene rings is 1. The Labute approximate surface area is 581 Å². The number of hydrogen-bond donors (Lipinski definition) is 24. The van der Waals surface area contributed by atoms with E-state index in [9.17, 15) is 92.7 Å². The number of carboxylic acid groups (broad SMARTS) is 2. The van der Waals surface area contributed by atoms with Crippen molar-refractivity contribution >= 4 is 122 Å². The Kier molecular flexibility index (Phi) is 38.8. The smallest absolute Gasteiger partial charge is 0.327 e. The Balaban J connectivity index is 2.86. The summed E-state index contributed by atoms with van der Waals surface area (Å²) in [7, 11) is 1.62. The maximum atomic E-state index is 14.4. The molecule has 41 nitrogen and oxygen atoms in total. The maximum Gasteiger partial charge on any atom is 0.327 e. The van der Waals surface area contributed by atoms with Crippen LogP contribution >= 0.6 is 21.6 Å². The molecule has 43 heteroatoms. The molecule has 0 aliphatic carbocycles. The molecule has 0 aromatic heterocycles. The van der Waals surface area contributed by atoms with E-state index in [1.54, 1.807) is 44.2 Å². The third-order valence-corrected chi connectivity index (χ3v) is 16.7. The van der Waals surface area contributed by atoms with E-state index in [4.69, 9.17) is 45.9 Å². The highest BCUT2D eigenvalue weighted by molar-refractivity contribution is 8.76. The minimum absolute atomic E-state index is 0.0526. The topological polar surface area (TPSA) is 718 Å². The van der Waals surface area contributed by atoms with Gasteiger partial charge in [-0.05, 0) is 69.8 Å². The van der Waals surface area contributed by atoms with Crippen molar-refractivity contribution in [1.29, 1.82) is 0 Å². The van der Waals surface area contributed by atoms with Gasteiger partial charge in [-0.1, -0.05) is 65.8 Å². The number of aliphatic imine (C=N–C) groups is 3. The number of carbonyl (C=O) groups is 14. The van der Waals surface area contributed by atoms with E-state index in [0.717, 1.165) is 28.5 Å². The monoisotopic (exact) mass is 1450 g/mol. The lowest BCUT2D eigenvalue weighted by molar-refractivity contribution is -0.143. The molecule has 1 heterocycles. The van der Waals surface area contributed by atoms with Crippen molar-refractivity contribution in [2.24, 2.45) is 66.8 Å². The van der Waals surface area contributed by atoms with E-state index >= 15 is 0 Å². The van der Waals surface area contributed by atoms with Gasteiger partial charge in [0.2, 0.25) is 71.2 Å². The van der Waals surface area contributed by atoms with Gasteiger partial charge in [0, 0.05) is 44.0 Å². The fourth-order valence-electron chi connectivity index (χ4n) is 9.09. The summed E-state index contributed by atoms with van der Waals surface area (Å²) in [4.78, 5) is 203. The van der Waals surface area contributed by atoms with Crippen molar-refractivity contribution in [2.75, 3.05) is 37.7 Å². The first kappa shape index (κ1) is 86.2. The lowest BCUT2D eigenvalue weighted by atomic mass is 10.0. The lowest BCUT2D eigenvalue weighted by Gasteiger charge is -2.29. The molecule has 100 heavy (non-hydrogen) atoms. The van der Waals surface area contributed by atoms with Gasteiger partial charge < -0.3 is 130 Å². The molecule has 1 saturated heterocycles. The molecule has 0 radical (unpaired) electrons. The number of carboxylic acids is 2. The van der Waals surface area contributed by atoms with E-state index < -0.39 is 199 Å². The number of aliphatic hydroxyl groups is 3. The van der Waals surface area contributed by atoms with E-state index in [0.29, 0.717) is 5.56 Å². The van der Waals surface area contributed by atoms with Crippen LogP contribution in [0, 0.1) is 5.92 Å². The molecule has 1 unspecified atom stereocenters. The van der Waals surface area contributed by atoms with Crippen LogP contribution in [-0.2, 0) is 73.5 Å². The first-order valence-electron chi connectivity index (χ1n) is 31.3. The molecule has 1 aliphatic rings. The zero-order valence-corrected chi connectivity index (χ0v) is 56.9. The number of hydrogen-bond acceptors (Lipinski definition) is 23. The normalized spacial score (nSPS) is 24.8. The molecule has 1 aromatic carbocycles. The van der Waals surface area contributed by atoms with Crippen LogP contribution in [0.15, 0.2) is 45.3 Å². The lowest BCUT2D eigenvalue weighted by Crippen LogP contribution is -2.62. The molecule has 2 rings (SSSR count). The molecular formula is C57H94N22O19S2. The second kappa shape index (κ2) is 44.9. The first-order chi connectivity index (χ1) is 47.0. The molecule has 0 saturated carbocycles. The number of amides is 12. The Morgan fingerprint density at radius 1 is 0.500 bits per heavy atom. The average Bonchev–Trinajstić information content (AvgIpc) is 0.859. The summed E-state index contributed by atoms with van der Waals surface area (Å²) >= 11 is 0. The maximum absolute atomic E-state index is 14.4. The van der Waals surface area contributed by atoms with Gasteiger partial charge in [0.15, 0.2) is 17.9 Å². The Morgan fingerprint density at radius 2 is 0.900 bits per heavy atom. The summed E-state index contributed by atoms with van der Waals surface area (Å²) in [6.07, 6.45) is -8.30. The van der Waals surface area contributed by atoms with Gasteiger partial charge >= 0.3 is 11.9 Å². The molecule has 0 bridgehead atoms. The van der Waals surface area contributed by atoms with Crippen LogP contribution in [0.25, 0.3) is 0 Å². The highest BCUT2D eigenvalue weighted by Gasteiger charge is 2.38. The zero-order chi connectivity index (χ0) is 75.3. The van der Waals surface area contributed by atoms with E-state index in [1.165, 1.54) is 0 Å². The number of primary amides is 1. The van der Waals surface area contributed by atoms with Crippen molar-refractivity contribution in [2.45, 2.75) is 170 Å². The van der Waals surface area contributed by atoms with Gasteiger partial charge in [-0.2, -0.15) is 0 Å². The second-order valence-corrected chi connectivity index (χ2v) is 25.7. The van der Waals surface area contributed by atoms with E-state index in [1.807, 2.05) is 5.32 Å². The number of nitrogens with two attached hydrogens (primary N) is 8. The molecule has 1 aliphatic heterocycles. The first-order valence-corrected chi connectivity index (χ1v) is 33.8. The number of nitrogens with zero attached hydrogens (tertiary/aromatic N) is 3. The molecule has 13 atom stereocenters. The van der Waals surface area contributed by atoms with Gasteiger partial charge in [-0.15, -0.1) is 0 Å². The number of guanidine groups is 3. The molecule has 0 spiro atoms. The largest absolute Gasteiger partial charge is 0.481 e. The fourth-order valence-corrected chi connectivity index (χ4v) is 11.4. The third kappa shape index (κ3) is 33.6. The van der Waals surface area contributed by atoms with E-state index in [-0.39, 0.29) is 94.6 Å². The summed E-state index contributed by atoms with van der Waals surface area (Å²) in [5.74, 6) is -19.8. The summed E-state index contributed by atoms with van der Waals surface area (Å²) in [6, 6.07) is -11.5. The van der Waals surface area contributed by atoms with Gasteiger partial charge in [-0.25, -0.2) is 4.79 Å². The molecule has 1 fully saturated rings. The zero-order valence-electron chi connectivity index (χ0n) is 55.2. The number of carbonyl (C=O) groups excluding carboxylic acids is 12. The van der Waals surface area contributed by atoms with Crippen molar-refractivity contribution in [3.8, 4) is 0 Å². The predicted molar refractivity (Wildman–Crippen MR) is 363 cm³/mol. The molecular weight excluding hydrogens is 1360 g/mol. The van der Waals surface area contributed by atoms with Crippen molar-refractivity contribution in [3.63, 3.8) is 0 Å². The van der Waals surface area contributed by atoms with Crippen LogP contribution in [0.1, 0.15) is 90.5 Å². The fraction of sp³-hybridized carbons (Fsp3) is 0.596. The van der Waals surface area contributed by atoms with Crippen LogP contribution in [0.3, 0.4) is 0 Å². The van der Waals surface area contributed by atoms with Crippen LogP contribution in [0.4, 0.5) is 0 Å².